The number of carbonyl (C=O) groups excluding carboxylic acids is 1. The minimum absolute atomic E-state index is 0.0154. The monoisotopic (exact) mass is 370 g/mol. The first-order valence-corrected chi connectivity index (χ1v) is 9.21. The molecule has 0 spiro atoms. The van der Waals surface area contributed by atoms with Crippen LogP contribution in [0, 0.1) is 5.82 Å². The Morgan fingerprint density at radius 3 is 2.78 bits per heavy atom. The third kappa shape index (κ3) is 3.55. The lowest BCUT2D eigenvalue weighted by atomic mass is 10.1. The molecular formula is C21H23FN2O3. The smallest absolute Gasteiger partial charge is 0.244 e. The van der Waals surface area contributed by atoms with Gasteiger partial charge in [0, 0.05) is 38.7 Å². The highest BCUT2D eigenvalue weighted by molar-refractivity contribution is 5.99. The summed E-state index contributed by atoms with van der Waals surface area (Å²) in [5.41, 5.74) is 1.36. The summed E-state index contributed by atoms with van der Waals surface area (Å²) in [5.74, 6) is 0.474. The molecule has 0 saturated carbocycles. The third-order valence-electron chi connectivity index (χ3n) is 5.22. The Bertz CT molecular complexity index is 829. The second-order valence-corrected chi connectivity index (χ2v) is 6.96. The first kappa shape index (κ1) is 17.9. The van der Waals surface area contributed by atoms with Crippen molar-refractivity contribution in [1.82, 2.24) is 4.90 Å². The fourth-order valence-corrected chi connectivity index (χ4v) is 3.90. The summed E-state index contributed by atoms with van der Waals surface area (Å²) in [6.07, 6.45) is 0.516. The molecule has 2 bridgehead atoms. The summed E-state index contributed by atoms with van der Waals surface area (Å²) in [4.78, 5) is 17.1. The summed E-state index contributed by atoms with van der Waals surface area (Å²) in [6, 6.07) is 14.0. The summed E-state index contributed by atoms with van der Waals surface area (Å²) in [7, 11) is 1.62. The van der Waals surface area contributed by atoms with Crippen molar-refractivity contribution in [1.29, 1.82) is 0 Å². The summed E-state index contributed by atoms with van der Waals surface area (Å²) in [5, 5.41) is 0. The molecule has 2 aliphatic heterocycles. The normalized spacial score (nSPS) is 22.1. The van der Waals surface area contributed by atoms with Gasteiger partial charge in [0.1, 0.15) is 17.7 Å². The van der Waals surface area contributed by atoms with Crippen molar-refractivity contribution in [2.24, 2.45) is 0 Å². The molecule has 2 atom stereocenters. The minimum atomic E-state index is -0.334. The minimum Gasteiger partial charge on any atom is -0.487 e. The van der Waals surface area contributed by atoms with Crippen LogP contribution in [0.4, 0.5) is 10.1 Å². The average Bonchev–Trinajstić information content (AvgIpc) is 3.07. The van der Waals surface area contributed by atoms with Crippen molar-refractivity contribution < 1.29 is 18.7 Å². The second kappa shape index (κ2) is 7.66. The van der Waals surface area contributed by atoms with Crippen LogP contribution in [0.15, 0.2) is 48.5 Å². The van der Waals surface area contributed by atoms with Gasteiger partial charge >= 0.3 is 0 Å². The molecule has 0 radical (unpaired) electrons. The van der Waals surface area contributed by atoms with E-state index >= 15 is 0 Å². The molecule has 1 amide bonds. The molecule has 0 aliphatic carbocycles. The van der Waals surface area contributed by atoms with Crippen molar-refractivity contribution in [3.8, 4) is 5.75 Å². The molecule has 142 valence electrons. The summed E-state index contributed by atoms with van der Waals surface area (Å²) >= 11 is 0. The van der Waals surface area contributed by atoms with E-state index in [4.69, 9.17) is 9.47 Å². The molecular weight excluding hydrogens is 347 g/mol. The van der Waals surface area contributed by atoms with Crippen LogP contribution in [0.2, 0.25) is 0 Å². The predicted octanol–water partition coefficient (Wildman–Crippen LogP) is 2.84. The van der Waals surface area contributed by atoms with Crippen molar-refractivity contribution in [2.45, 2.75) is 25.1 Å². The Morgan fingerprint density at radius 1 is 1.19 bits per heavy atom. The molecule has 1 fully saturated rings. The van der Waals surface area contributed by atoms with Crippen LogP contribution in [0.3, 0.4) is 0 Å². The van der Waals surface area contributed by atoms with Crippen LogP contribution in [0.1, 0.15) is 12.0 Å². The van der Waals surface area contributed by atoms with E-state index < -0.39 is 0 Å². The molecule has 0 aromatic heterocycles. The fourth-order valence-electron chi connectivity index (χ4n) is 3.90. The van der Waals surface area contributed by atoms with Gasteiger partial charge in [0.15, 0.2) is 0 Å². The van der Waals surface area contributed by atoms with Gasteiger partial charge in [-0.2, -0.15) is 0 Å². The van der Waals surface area contributed by atoms with Gasteiger partial charge in [-0.3, -0.25) is 9.69 Å². The zero-order chi connectivity index (χ0) is 18.8. The number of amides is 1. The standard InChI is InChI=1S/C21H23FN2O3/c1-26-11-10-24-18-8-4-5-9-20(18)27-16-12-19(21(24)25)23(14-16)13-15-6-2-3-7-17(15)22/h2-9,16,19H,10-14H2,1H3. The molecule has 0 N–H and O–H groups in total. The lowest BCUT2D eigenvalue weighted by molar-refractivity contribution is -0.123. The highest BCUT2D eigenvalue weighted by Gasteiger charge is 2.42. The van der Waals surface area contributed by atoms with Crippen LogP contribution in [0.5, 0.6) is 5.75 Å². The number of carbonyl (C=O) groups is 1. The van der Waals surface area contributed by atoms with E-state index in [0.29, 0.717) is 44.0 Å². The van der Waals surface area contributed by atoms with Crippen LogP contribution in [-0.2, 0) is 16.1 Å². The molecule has 2 unspecified atom stereocenters. The van der Waals surface area contributed by atoms with E-state index in [9.17, 15) is 9.18 Å². The van der Waals surface area contributed by atoms with E-state index in [2.05, 4.69) is 0 Å². The van der Waals surface area contributed by atoms with Gasteiger partial charge < -0.3 is 14.4 Å². The Labute approximate surface area is 158 Å². The number of nitrogens with zero attached hydrogens (tertiary/aromatic N) is 2. The van der Waals surface area contributed by atoms with E-state index in [1.807, 2.05) is 35.2 Å². The third-order valence-corrected chi connectivity index (χ3v) is 5.22. The second-order valence-electron chi connectivity index (χ2n) is 6.96. The molecule has 2 heterocycles. The SMILES string of the molecule is COCCN1C(=O)C2CC(CN2Cc2ccccc2F)Oc2ccccc21. The number of rotatable bonds is 5. The van der Waals surface area contributed by atoms with Gasteiger partial charge in [0.25, 0.3) is 0 Å². The largest absolute Gasteiger partial charge is 0.487 e. The molecule has 2 aromatic carbocycles. The maximum absolute atomic E-state index is 14.1. The Hall–Kier alpha value is -2.44. The fraction of sp³-hybridized carbons (Fsp3) is 0.381. The van der Waals surface area contributed by atoms with Crippen LogP contribution in [0.25, 0.3) is 0 Å². The molecule has 6 heteroatoms. The Morgan fingerprint density at radius 2 is 1.96 bits per heavy atom. The van der Waals surface area contributed by atoms with Gasteiger partial charge in [-0.05, 0) is 18.2 Å². The van der Waals surface area contributed by atoms with Crippen molar-refractivity contribution in [3.63, 3.8) is 0 Å². The maximum atomic E-state index is 14.1. The highest BCUT2D eigenvalue weighted by atomic mass is 19.1. The molecule has 2 aliphatic rings. The van der Waals surface area contributed by atoms with E-state index in [1.165, 1.54) is 6.07 Å². The van der Waals surface area contributed by atoms with Crippen molar-refractivity contribution >= 4 is 11.6 Å². The lowest BCUT2D eigenvalue weighted by Gasteiger charge is -2.31. The van der Waals surface area contributed by atoms with Gasteiger partial charge in [-0.25, -0.2) is 4.39 Å². The van der Waals surface area contributed by atoms with Crippen LogP contribution >= 0.6 is 0 Å². The number of hydrogen-bond donors (Lipinski definition) is 0. The van der Waals surface area contributed by atoms with Crippen molar-refractivity contribution in [3.05, 3.63) is 59.9 Å². The average molecular weight is 370 g/mol. The number of para-hydroxylation sites is 2. The number of halogens is 1. The number of ether oxygens (including phenoxy) is 2. The number of fused-ring (bicyclic) bond motifs is 3. The first-order valence-electron chi connectivity index (χ1n) is 9.21. The molecule has 4 rings (SSSR count). The van der Waals surface area contributed by atoms with Gasteiger partial charge in [0.2, 0.25) is 5.91 Å². The number of methoxy groups -OCH3 is 1. The van der Waals surface area contributed by atoms with E-state index in [1.54, 1.807) is 24.1 Å². The van der Waals surface area contributed by atoms with Crippen LogP contribution in [-0.4, -0.2) is 49.8 Å². The quantitative estimate of drug-likeness (QED) is 0.812. The number of benzene rings is 2. The van der Waals surface area contributed by atoms with Crippen molar-refractivity contribution in [2.75, 3.05) is 31.7 Å². The Balaban J connectivity index is 1.65. The topological polar surface area (TPSA) is 42.0 Å². The first-order chi connectivity index (χ1) is 13.2. The number of hydrogen-bond acceptors (Lipinski definition) is 4. The van der Waals surface area contributed by atoms with E-state index in [0.717, 1.165) is 5.69 Å². The van der Waals surface area contributed by atoms with Gasteiger partial charge in [-0.15, -0.1) is 0 Å². The Kier molecular flexibility index (Phi) is 5.09. The molecule has 27 heavy (non-hydrogen) atoms. The highest BCUT2D eigenvalue weighted by Crippen LogP contribution is 2.36. The summed E-state index contributed by atoms with van der Waals surface area (Å²) < 4.78 is 25.5. The maximum Gasteiger partial charge on any atom is 0.244 e. The van der Waals surface area contributed by atoms with Gasteiger partial charge in [-0.1, -0.05) is 30.3 Å². The zero-order valence-corrected chi connectivity index (χ0v) is 15.3. The number of anilines is 1. The van der Waals surface area contributed by atoms with Gasteiger partial charge in [0.05, 0.1) is 18.3 Å². The zero-order valence-electron chi connectivity index (χ0n) is 15.3. The predicted molar refractivity (Wildman–Crippen MR) is 100 cm³/mol. The van der Waals surface area contributed by atoms with E-state index in [-0.39, 0.29) is 23.9 Å². The van der Waals surface area contributed by atoms with Crippen LogP contribution < -0.4 is 9.64 Å². The molecule has 2 aromatic rings. The lowest BCUT2D eigenvalue weighted by Crippen LogP contribution is -2.47. The molecule has 5 nitrogen and oxygen atoms in total. The number of likely N-dealkylation sites (tertiary alicyclic amines) is 1. The summed E-state index contributed by atoms with van der Waals surface area (Å²) in [6.45, 7) is 1.86. The molecule has 1 saturated heterocycles.